The summed E-state index contributed by atoms with van der Waals surface area (Å²) in [6.45, 7) is 0.355. The number of carbonyl (C=O) groups is 3. The van der Waals surface area contributed by atoms with E-state index < -0.39 is 11.7 Å². The van der Waals surface area contributed by atoms with Crippen LogP contribution in [0.1, 0.15) is 27.1 Å². The Kier molecular flexibility index (Phi) is 6.08. The van der Waals surface area contributed by atoms with Crippen molar-refractivity contribution in [2.24, 2.45) is 0 Å². The lowest BCUT2D eigenvalue weighted by atomic mass is 10.2. The highest BCUT2D eigenvalue weighted by Crippen LogP contribution is 2.31. The third kappa shape index (κ3) is 4.85. The van der Waals surface area contributed by atoms with E-state index >= 15 is 0 Å². The Morgan fingerprint density at radius 2 is 1.81 bits per heavy atom. The molecule has 2 aromatic carbocycles. The van der Waals surface area contributed by atoms with E-state index in [4.69, 9.17) is 0 Å². The Balaban J connectivity index is 1.52. The zero-order chi connectivity index (χ0) is 19.2. The summed E-state index contributed by atoms with van der Waals surface area (Å²) in [6.07, 6.45) is 0.433. The van der Waals surface area contributed by atoms with Crippen LogP contribution in [-0.2, 0) is 4.79 Å². The highest BCUT2D eigenvalue weighted by atomic mass is 32.2. The van der Waals surface area contributed by atoms with Crippen LogP contribution in [0.15, 0.2) is 47.4 Å². The molecule has 1 heterocycles. The largest absolute Gasteiger partial charge is 0.350 e. The Bertz CT molecular complexity index is 888. The van der Waals surface area contributed by atoms with E-state index in [9.17, 15) is 18.8 Å². The van der Waals surface area contributed by atoms with Crippen LogP contribution in [0.5, 0.6) is 0 Å². The van der Waals surface area contributed by atoms with Crippen molar-refractivity contribution in [3.8, 4) is 0 Å². The van der Waals surface area contributed by atoms with Gasteiger partial charge in [-0.3, -0.25) is 14.4 Å². The van der Waals surface area contributed by atoms with Crippen molar-refractivity contribution in [1.82, 2.24) is 10.6 Å². The van der Waals surface area contributed by atoms with Gasteiger partial charge in [0, 0.05) is 35.7 Å². The molecule has 0 aromatic heterocycles. The molecular weight excluding hydrogens is 369 g/mol. The maximum Gasteiger partial charge on any atom is 0.254 e. The fraction of sp³-hybridized carbons (Fsp3) is 0.211. The second-order valence-electron chi connectivity index (χ2n) is 5.85. The lowest BCUT2D eigenvalue weighted by Crippen LogP contribution is -2.35. The Morgan fingerprint density at radius 1 is 1.07 bits per heavy atom. The van der Waals surface area contributed by atoms with Gasteiger partial charge in [0.05, 0.1) is 11.3 Å². The number of thioether (sulfide) groups is 1. The predicted octanol–water partition coefficient (Wildman–Crippen LogP) is 2.42. The number of carbonyl (C=O) groups excluding carboxylic acids is 3. The predicted molar refractivity (Wildman–Crippen MR) is 101 cm³/mol. The van der Waals surface area contributed by atoms with Gasteiger partial charge >= 0.3 is 0 Å². The molecule has 0 unspecified atom stereocenters. The molecule has 0 atom stereocenters. The number of fused-ring (bicyclic) bond motifs is 1. The van der Waals surface area contributed by atoms with Gasteiger partial charge in [0.1, 0.15) is 5.82 Å². The molecule has 0 spiro atoms. The molecule has 0 bridgehead atoms. The SMILES string of the molecule is O=C1CCSc2ccc(C(=O)NCCNC(=O)c3ccccc3F)cc2N1. The van der Waals surface area contributed by atoms with Crippen molar-refractivity contribution in [2.75, 3.05) is 24.2 Å². The van der Waals surface area contributed by atoms with E-state index in [1.54, 1.807) is 36.0 Å². The van der Waals surface area contributed by atoms with Crippen molar-refractivity contribution in [3.63, 3.8) is 0 Å². The molecule has 0 aliphatic carbocycles. The number of hydrogen-bond donors (Lipinski definition) is 3. The minimum atomic E-state index is -0.594. The van der Waals surface area contributed by atoms with Crippen molar-refractivity contribution < 1.29 is 18.8 Å². The van der Waals surface area contributed by atoms with Gasteiger partial charge in [0.15, 0.2) is 0 Å². The first-order valence-electron chi connectivity index (χ1n) is 8.42. The maximum absolute atomic E-state index is 13.5. The van der Waals surface area contributed by atoms with E-state index in [0.717, 1.165) is 4.90 Å². The van der Waals surface area contributed by atoms with Gasteiger partial charge < -0.3 is 16.0 Å². The van der Waals surface area contributed by atoms with Gasteiger partial charge in [0.2, 0.25) is 5.91 Å². The molecule has 3 N–H and O–H groups in total. The molecular formula is C19H18FN3O3S. The van der Waals surface area contributed by atoms with Crippen LogP contribution >= 0.6 is 11.8 Å². The fourth-order valence-electron chi connectivity index (χ4n) is 2.56. The molecule has 0 saturated carbocycles. The quantitative estimate of drug-likeness (QED) is 0.688. The van der Waals surface area contributed by atoms with E-state index in [0.29, 0.717) is 23.4 Å². The molecule has 140 valence electrons. The molecule has 2 aromatic rings. The molecule has 3 rings (SSSR count). The average Bonchev–Trinajstić information content (AvgIpc) is 2.85. The monoisotopic (exact) mass is 387 g/mol. The maximum atomic E-state index is 13.5. The van der Waals surface area contributed by atoms with Crippen molar-refractivity contribution in [2.45, 2.75) is 11.3 Å². The van der Waals surface area contributed by atoms with Gasteiger partial charge in [-0.1, -0.05) is 12.1 Å². The summed E-state index contributed by atoms with van der Waals surface area (Å²) < 4.78 is 13.5. The van der Waals surface area contributed by atoms with Gasteiger partial charge in [-0.15, -0.1) is 11.8 Å². The van der Waals surface area contributed by atoms with Crippen LogP contribution < -0.4 is 16.0 Å². The third-order valence-electron chi connectivity index (χ3n) is 3.92. The van der Waals surface area contributed by atoms with Crippen molar-refractivity contribution in [1.29, 1.82) is 0 Å². The van der Waals surface area contributed by atoms with E-state index in [-0.39, 0.29) is 30.5 Å². The zero-order valence-corrected chi connectivity index (χ0v) is 15.2. The molecule has 27 heavy (non-hydrogen) atoms. The number of hydrogen-bond acceptors (Lipinski definition) is 4. The lowest BCUT2D eigenvalue weighted by molar-refractivity contribution is -0.115. The van der Waals surface area contributed by atoms with Crippen LogP contribution in [-0.4, -0.2) is 36.6 Å². The molecule has 1 aliphatic rings. The smallest absolute Gasteiger partial charge is 0.254 e. The number of amides is 3. The summed E-state index contributed by atoms with van der Waals surface area (Å²) in [5.41, 5.74) is 1.00. The molecule has 6 nitrogen and oxygen atoms in total. The van der Waals surface area contributed by atoms with Gasteiger partial charge in [-0.2, -0.15) is 0 Å². The average molecular weight is 387 g/mol. The number of rotatable bonds is 5. The normalized spacial score (nSPS) is 13.1. The van der Waals surface area contributed by atoms with E-state index in [1.807, 2.05) is 0 Å². The first kappa shape index (κ1) is 18.9. The van der Waals surface area contributed by atoms with E-state index in [2.05, 4.69) is 16.0 Å². The Labute approximate surface area is 159 Å². The minimum absolute atomic E-state index is 0.0391. The molecule has 8 heteroatoms. The van der Waals surface area contributed by atoms with Crippen LogP contribution in [0.2, 0.25) is 0 Å². The van der Waals surface area contributed by atoms with Crippen LogP contribution in [0.25, 0.3) is 0 Å². The summed E-state index contributed by atoms with van der Waals surface area (Å²) in [7, 11) is 0. The molecule has 3 amide bonds. The topological polar surface area (TPSA) is 87.3 Å². The van der Waals surface area contributed by atoms with Gasteiger partial charge in [0.25, 0.3) is 11.8 Å². The second-order valence-corrected chi connectivity index (χ2v) is 6.99. The number of nitrogens with one attached hydrogen (secondary N) is 3. The van der Waals surface area contributed by atoms with E-state index in [1.165, 1.54) is 18.2 Å². The van der Waals surface area contributed by atoms with Crippen LogP contribution in [0.4, 0.5) is 10.1 Å². The summed E-state index contributed by atoms with van der Waals surface area (Å²) in [6, 6.07) is 10.8. The minimum Gasteiger partial charge on any atom is -0.350 e. The van der Waals surface area contributed by atoms with Crippen LogP contribution in [0, 0.1) is 5.82 Å². The summed E-state index contributed by atoms with van der Waals surface area (Å²) in [5, 5.41) is 8.03. The first-order chi connectivity index (χ1) is 13.0. The number of benzene rings is 2. The summed E-state index contributed by atoms with van der Waals surface area (Å²) in [4.78, 5) is 36.7. The van der Waals surface area contributed by atoms with Gasteiger partial charge in [-0.25, -0.2) is 4.39 Å². The molecule has 0 saturated heterocycles. The molecule has 1 aliphatic heterocycles. The highest BCUT2D eigenvalue weighted by Gasteiger charge is 2.16. The zero-order valence-electron chi connectivity index (χ0n) is 14.4. The Morgan fingerprint density at radius 3 is 2.59 bits per heavy atom. The number of halogens is 1. The summed E-state index contributed by atoms with van der Waals surface area (Å²) >= 11 is 1.56. The lowest BCUT2D eigenvalue weighted by Gasteiger charge is -2.10. The second kappa shape index (κ2) is 8.68. The van der Waals surface area contributed by atoms with Crippen molar-refractivity contribution in [3.05, 3.63) is 59.4 Å². The van der Waals surface area contributed by atoms with Crippen molar-refractivity contribution >= 4 is 35.2 Å². The fourth-order valence-corrected chi connectivity index (χ4v) is 3.49. The van der Waals surface area contributed by atoms with Gasteiger partial charge in [-0.05, 0) is 30.3 Å². The molecule has 0 radical (unpaired) electrons. The first-order valence-corrected chi connectivity index (χ1v) is 9.41. The third-order valence-corrected chi connectivity index (χ3v) is 4.99. The molecule has 0 fully saturated rings. The highest BCUT2D eigenvalue weighted by molar-refractivity contribution is 7.99. The number of anilines is 1. The summed E-state index contributed by atoms with van der Waals surface area (Å²) in [5.74, 6) is -0.821. The standard InChI is InChI=1S/C19H18FN3O3S/c20-14-4-2-1-3-13(14)19(26)22-9-8-21-18(25)12-5-6-16-15(11-12)23-17(24)7-10-27-16/h1-6,11H,7-10H2,(H,21,25)(H,22,26)(H,23,24). The van der Waals surface area contributed by atoms with Crippen LogP contribution in [0.3, 0.4) is 0 Å². The Hall–Kier alpha value is -2.87.